The Morgan fingerprint density at radius 2 is 1.82 bits per heavy atom. The van der Waals surface area contributed by atoms with E-state index < -0.39 is 0 Å². The number of pyridine rings is 1. The Balaban J connectivity index is 1.59. The van der Waals surface area contributed by atoms with E-state index >= 15 is 0 Å². The number of aryl methyl sites for hydroxylation is 4. The Morgan fingerprint density at radius 3 is 2.61 bits per heavy atom. The second kappa shape index (κ2) is 9.49. The average molecular weight is 461 g/mol. The highest BCUT2D eigenvalue weighted by Crippen LogP contribution is 2.30. The summed E-state index contributed by atoms with van der Waals surface area (Å²) in [6.07, 6.45) is 0.827. The van der Waals surface area contributed by atoms with Crippen LogP contribution in [-0.2, 0) is 13.0 Å². The second-order valence-corrected chi connectivity index (χ2v) is 9.81. The van der Waals surface area contributed by atoms with Crippen LogP contribution in [0.3, 0.4) is 0 Å². The molecule has 0 bridgehead atoms. The maximum atomic E-state index is 13.4. The average Bonchev–Trinajstić information content (AvgIpc) is 3.30. The molecule has 1 saturated heterocycles. The van der Waals surface area contributed by atoms with Crippen LogP contribution >= 0.6 is 11.8 Å². The maximum Gasteiger partial charge on any atom is 0.253 e. The molecule has 1 aliphatic heterocycles. The fourth-order valence-electron chi connectivity index (χ4n) is 4.58. The molecule has 1 fully saturated rings. The van der Waals surface area contributed by atoms with Gasteiger partial charge in [-0.2, -0.15) is 11.8 Å². The number of aromatic amines is 1. The number of thioether (sulfide) groups is 1. The SMILES string of the molecule is Cc1ccc(C)c2[nH]c(=O)c(C(c3nnnn3CCc3ccccc3)N3CCSCC3)cc12. The van der Waals surface area contributed by atoms with Crippen LogP contribution in [0.15, 0.2) is 53.3 Å². The lowest BCUT2D eigenvalue weighted by Crippen LogP contribution is -2.40. The molecule has 2 aromatic heterocycles. The standard InChI is InChI=1S/C25H28N6OS/c1-17-8-9-18(2)22-20(17)16-21(25(32)26-22)23(30-12-14-33-15-13-30)24-27-28-29-31(24)11-10-19-6-4-3-5-7-19/h3-9,16,23H,10-15H2,1-2H3,(H,26,32). The number of rotatable bonds is 6. The van der Waals surface area contributed by atoms with Gasteiger partial charge in [0.05, 0.1) is 5.52 Å². The highest BCUT2D eigenvalue weighted by Gasteiger charge is 2.31. The predicted molar refractivity (Wildman–Crippen MR) is 133 cm³/mol. The number of benzene rings is 2. The van der Waals surface area contributed by atoms with E-state index in [1.807, 2.05) is 41.6 Å². The molecule has 1 unspecified atom stereocenters. The van der Waals surface area contributed by atoms with Crippen molar-refractivity contribution in [3.63, 3.8) is 0 Å². The van der Waals surface area contributed by atoms with E-state index in [1.165, 1.54) is 5.56 Å². The normalized spacial score (nSPS) is 15.7. The van der Waals surface area contributed by atoms with Gasteiger partial charge in [0.25, 0.3) is 5.56 Å². The first-order valence-corrected chi connectivity index (χ1v) is 12.5. The molecule has 1 aliphatic rings. The molecular formula is C25H28N6OS. The predicted octanol–water partition coefficient (Wildman–Crippen LogP) is 3.51. The fraction of sp³-hybridized carbons (Fsp3) is 0.360. The van der Waals surface area contributed by atoms with Crippen molar-refractivity contribution in [1.82, 2.24) is 30.1 Å². The minimum atomic E-state index is -0.287. The molecule has 0 amide bonds. The third-order valence-corrected chi connectivity index (χ3v) is 7.38. The summed E-state index contributed by atoms with van der Waals surface area (Å²) in [5, 5.41) is 13.8. The molecule has 4 aromatic rings. The largest absolute Gasteiger partial charge is 0.321 e. The highest BCUT2D eigenvalue weighted by atomic mass is 32.2. The third-order valence-electron chi connectivity index (χ3n) is 6.44. The van der Waals surface area contributed by atoms with Gasteiger partial charge in [-0.1, -0.05) is 42.5 Å². The molecule has 0 aliphatic carbocycles. The summed E-state index contributed by atoms with van der Waals surface area (Å²) in [5.74, 6) is 2.80. The van der Waals surface area contributed by atoms with Gasteiger partial charge in [0.2, 0.25) is 0 Å². The molecule has 1 atom stereocenters. The van der Waals surface area contributed by atoms with Crippen LogP contribution in [0.5, 0.6) is 0 Å². The number of hydrogen-bond acceptors (Lipinski definition) is 6. The van der Waals surface area contributed by atoms with Gasteiger partial charge < -0.3 is 4.98 Å². The molecule has 3 heterocycles. The zero-order chi connectivity index (χ0) is 22.8. The molecular weight excluding hydrogens is 432 g/mol. The number of nitrogens with one attached hydrogen (secondary N) is 1. The molecule has 8 heteroatoms. The first kappa shape index (κ1) is 21.9. The van der Waals surface area contributed by atoms with Gasteiger partial charge in [-0.3, -0.25) is 9.69 Å². The summed E-state index contributed by atoms with van der Waals surface area (Å²) in [5.41, 5.74) is 4.98. The lowest BCUT2D eigenvalue weighted by atomic mass is 9.99. The maximum absolute atomic E-state index is 13.4. The monoisotopic (exact) mass is 460 g/mol. The van der Waals surface area contributed by atoms with Gasteiger partial charge in [0.1, 0.15) is 6.04 Å². The molecule has 5 rings (SSSR count). The third kappa shape index (κ3) is 4.45. The minimum absolute atomic E-state index is 0.0722. The summed E-state index contributed by atoms with van der Waals surface area (Å²) in [6, 6.07) is 16.3. The smallest absolute Gasteiger partial charge is 0.253 e. The second-order valence-electron chi connectivity index (χ2n) is 8.59. The van der Waals surface area contributed by atoms with Crippen molar-refractivity contribution in [1.29, 1.82) is 0 Å². The van der Waals surface area contributed by atoms with Crippen molar-refractivity contribution >= 4 is 22.7 Å². The quantitative estimate of drug-likeness (QED) is 0.474. The van der Waals surface area contributed by atoms with Crippen LogP contribution in [-0.4, -0.2) is 54.7 Å². The lowest BCUT2D eigenvalue weighted by molar-refractivity contribution is 0.233. The first-order valence-electron chi connectivity index (χ1n) is 11.4. The van der Waals surface area contributed by atoms with Crippen molar-refractivity contribution in [2.45, 2.75) is 32.9 Å². The summed E-state index contributed by atoms with van der Waals surface area (Å²) >= 11 is 1.95. The minimum Gasteiger partial charge on any atom is -0.321 e. The van der Waals surface area contributed by atoms with E-state index in [2.05, 4.69) is 62.7 Å². The molecule has 33 heavy (non-hydrogen) atoms. The van der Waals surface area contributed by atoms with Gasteiger partial charge in [-0.15, -0.1) is 5.10 Å². The number of hydrogen-bond donors (Lipinski definition) is 1. The Labute approximate surface area is 197 Å². The lowest BCUT2D eigenvalue weighted by Gasteiger charge is -2.33. The summed E-state index contributed by atoms with van der Waals surface area (Å²) in [6.45, 7) is 6.56. The Bertz CT molecular complexity index is 1310. The summed E-state index contributed by atoms with van der Waals surface area (Å²) in [4.78, 5) is 18.9. The van der Waals surface area contributed by atoms with Crippen LogP contribution in [0.1, 0.15) is 34.1 Å². The summed E-state index contributed by atoms with van der Waals surface area (Å²) < 4.78 is 1.87. The molecule has 2 aromatic carbocycles. The van der Waals surface area contributed by atoms with Crippen LogP contribution in [0, 0.1) is 13.8 Å². The van der Waals surface area contributed by atoms with E-state index in [0.717, 1.165) is 58.9 Å². The summed E-state index contributed by atoms with van der Waals surface area (Å²) in [7, 11) is 0. The van der Waals surface area contributed by atoms with Crippen molar-refractivity contribution in [2.24, 2.45) is 0 Å². The van der Waals surface area contributed by atoms with Gasteiger partial charge >= 0.3 is 0 Å². The van der Waals surface area contributed by atoms with E-state index in [9.17, 15) is 4.79 Å². The number of aromatic nitrogens is 5. The van der Waals surface area contributed by atoms with Gasteiger partial charge in [0.15, 0.2) is 5.82 Å². The molecule has 0 radical (unpaired) electrons. The Morgan fingerprint density at radius 1 is 1.06 bits per heavy atom. The highest BCUT2D eigenvalue weighted by molar-refractivity contribution is 7.99. The van der Waals surface area contributed by atoms with Gasteiger partial charge in [0, 0.05) is 42.1 Å². The first-order chi connectivity index (χ1) is 16.1. The molecule has 0 spiro atoms. The van der Waals surface area contributed by atoms with Crippen LogP contribution in [0.25, 0.3) is 10.9 Å². The van der Waals surface area contributed by atoms with Crippen molar-refractivity contribution in [3.05, 3.63) is 87.0 Å². The van der Waals surface area contributed by atoms with Crippen molar-refractivity contribution in [2.75, 3.05) is 24.6 Å². The van der Waals surface area contributed by atoms with Crippen LogP contribution in [0.2, 0.25) is 0 Å². The number of fused-ring (bicyclic) bond motifs is 1. The van der Waals surface area contributed by atoms with Gasteiger partial charge in [-0.25, -0.2) is 4.68 Å². The van der Waals surface area contributed by atoms with Crippen molar-refractivity contribution < 1.29 is 0 Å². The number of tetrazole rings is 1. The van der Waals surface area contributed by atoms with E-state index in [1.54, 1.807) is 0 Å². The van der Waals surface area contributed by atoms with Crippen molar-refractivity contribution in [3.8, 4) is 0 Å². The number of H-pyrrole nitrogens is 1. The molecule has 1 N–H and O–H groups in total. The van der Waals surface area contributed by atoms with Gasteiger partial charge in [-0.05, 0) is 53.5 Å². The molecule has 170 valence electrons. The zero-order valence-corrected chi connectivity index (χ0v) is 19.8. The Kier molecular flexibility index (Phi) is 6.28. The van der Waals surface area contributed by atoms with Crippen LogP contribution < -0.4 is 5.56 Å². The van der Waals surface area contributed by atoms with Crippen LogP contribution in [0.4, 0.5) is 0 Å². The number of nitrogens with zero attached hydrogens (tertiary/aromatic N) is 5. The van der Waals surface area contributed by atoms with E-state index in [-0.39, 0.29) is 11.6 Å². The van der Waals surface area contributed by atoms with E-state index in [0.29, 0.717) is 12.1 Å². The zero-order valence-electron chi connectivity index (χ0n) is 19.0. The molecule has 0 saturated carbocycles. The fourth-order valence-corrected chi connectivity index (χ4v) is 5.51. The van der Waals surface area contributed by atoms with E-state index in [4.69, 9.17) is 0 Å². The topological polar surface area (TPSA) is 79.7 Å². The Hall–Kier alpha value is -2.97. The molecule has 7 nitrogen and oxygen atoms in total.